The summed E-state index contributed by atoms with van der Waals surface area (Å²) in [5.74, 6) is 0.967. The van der Waals surface area contributed by atoms with Crippen LogP contribution < -0.4 is 10.1 Å². The number of rotatable bonds is 8. The van der Waals surface area contributed by atoms with E-state index in [4.69, 9.17) is 9.47 Å². The molecule has 0 bridgehead atoms. The molecule has 4 heteroatoms. The molecule has 21 heavy (non-hydrogen) atoms. The smallest absolute Gasteiger partial charge is 0.122 e. The molecular formula is C17H26BrNO2. The van der Waals surface area contributed by atoms with Gasteiger partial charge >= 0.3 is 0 Å². The lowest BCUT2D eigenvalue weighted by Crippen LogP contribution is -2.35. The number of hydrogen-bond acceptors (Lipinski definition) is 3. The Morgan fingerprint density at radius 2 is 2.33 bits per heavy atom. The molecule has 2 rings (SSSR count). The maximum absolute atomic E-state index is 5.80. The van der Waals surface area contributed by atoms with Gasteiger partial charge < -0.3 is 14.8 Å². The van der Waals surface area contributed by atoms with E-state index in [9.17, 15) is 0 Å². The molecule has 3 nitrogen and oxygen atoms in total. The summed E-state index contributed by atoms with van der Waals surface area (Å²) < 4.78 is 12.4. The Labute approximate surface area is 136 Å². The van der Waals surface area contributed by atoms with Crippen molar-refractivity contribution in [2.75, 3.05) is 20.3 Å². The second-order valence-corrected chi connectivity index (χ2v) is 6.60. The van der Waals surface area contributed by atoms with Gasteiger partial charge in [-0.2, -0.15) is 0 Å². The topological polar surface area (TPSA) is 30.5 Å². The highest BCUT2D eigenvalue weighted by Crippen LogP contribution is 2.26. The molecule has 0 saturated carbocycles. The van der Waals surface area contributed by atoms with Crippen molar-refractivity contribution in [2.24, 2.45) is 0 Å². The predicted octanol–water partition coefficient (Wildman–Crippen LogP) is 3.94. The highest BCUT2D eigenvalue weighted by atomic mass is 79.9. The fraction of sp³-hybridized carbons (Fsp3) is 0.647. The van der Waals surface area contributed by atoms with E-state index in [0.29, 0.717) is 12.1 Å². The van der Waals surface area contributed by atoms with Gasteiger partial charge in [0, 0.05) is 17.1 Å². The van der Waals surface area contributed by atoms with Crippen LogP contribution in [0.3, 0.4) is 0 Å². The number of ether oxygens (including phenoxy) is 2. The van der Waals surface area contributed by atoms with Crippen molar-refractivity contribution in [2.45, 2.75) is 51.2 Å². The van der Waals surface area contributed by atoms with E-state index in [1.807, 2.05) is 12.1 Å². The molecule has 2 atom stereocenters. The first-order valence-electron chi connectivity index (χ1n) is 7.90. The third kappa shape index (κ3) is 5.28. The summed E-state index contributed by atoms with van der Waals surface area (Å²) in [6, 6.07) is 6.66. The fourth-order valence-electron chi connectivity index (χ4n) is 2.91. The molecule has 2 unspecified atom stereocenters. The van der Waals surface area contributed by atoms with Gasteiger partial charge in [-0.05, 0) is 62.4 Å². The highest BCUT2D eigenvalue weighted by Gasteiger charge is 2.21. The Morgan fingerprint density at radius 1 is 1.48 bits per heavy atom. The Kier molecular flexibility index (Phi) is 7.00. The Balaban J connectivity index is 2.03. The summed E-state index contributed by atoms with van der Waals surface area (Å²) in [7, 11) is 1.74. The van der Waals surface area contributed by atoms with E-state index in [1.165, 1.54) is 18.4 Å². The van der Waals surface area contributed by atoms with E-state index < -0.39 is 0 Å². The minimum atomic E-state index is 0.414. The van der Waals surface area contributed by atoms with Crippen LogP contribution in [0.5, 0.6) is 5.75 Å². The lowest BCUT2D eigenvalue weighted by atomic mass is 9.98. The van der Waals surface area contributed by atoms with Crippen molar-refractivity contribution in [3.63, 3.8) is 0 Å². The summed E-state index contributed by atoms with van der Waals surface area (Å²) >= 11 is 3.56. The predicted molar refractivity (Wildman–Crippen MR) is 90.1 cm³/mol. The number of benzene rings is 1. The molecule has 1 N–H and O–H groups in total. The molecule has 0 aliphatic carbocycles. The van der Waals surface area contributed by atoms with Crippen molar-refractivity contribution in [1.29, 1.82) is 0 Å². The van der Waals surface area contributed by atoms with Crippen molar-refractivity contribution in [3.8, 4) is 5.75 Å². The van der Waals surface area contributed by atoms with E-state index in [0.717, 1.165) is 42.6 Å². The molecule has 1 aliphatic rings. The van der Waals surface area contributed by atoms with E-state index in [1.54, 1.807) is 7.11 Å². The van der Waals surface area contributed by atoms with Gasteiger partial charge in [0.2, 0.25) is 0 Å². The fourth-order valence-corrected chi connectivity index (χ4v) is 3.32. The van der Waals surface area contributed by atoms with Crippen LogP contribution >= 0.6 is 15.9 Å². The standard InChI is InChI=1S/C17H26BrNO2/c1-3-8-19-15(12-16-5-4-9-21-16)11-13-10-14(18)6-7-17(13)20-2/h6-7,10,15-16,19H,3-5,8-9,11-12H2,1-2H3. The molecule has 0 spiro atoms. The van der Waals surface area contributed by atoms with Crippen LogP contribution in [0.1, 0.15) is 38.2 Å². The van der Waals surface area contributed by atoms with Gasteiger partial charge in [0.1, 0.15) is 5.75 Å². The van der Waals surface area contributed by atoms with Crippen molar-refractivity contribution in [3.05, 3.63) is 28.2 Å². The Hall–Kier alpha value is -0.580. The molecule has 1 aromatic carbocycles. The molecule has 118 valence electrons. The first-order chi connectivity index (χ1) is 10.2. The molecule has 1 fully saturated rings. The molecule has 1 aliphatic heterocycles. The SMILES string of the molecule is CCCNC(Cc1cc(Br)ccc1OC)CC1CCCO1. The minimum absolute atomic E-state index is 0.414. The van der Waals surface area contributed by atoms with Gasteiger partial charge in [0.15, 0.2) is 0 Å². The highest BCUT2D eigenvalue weighted by molar-refractivity contribution is 9.10. The van der Waals surface area contributed by atoms with Crippen LogP contribution in [0.15, 0.2) is 22.7 Å². The average molecular weight is 356 g/mol. The first-order valence-corrected chi connectivity index (χ1v) is 8.69. The Bertz CT molecular complexity index is 433. The van der Waals surface area contributed by atoms with Gasteiger partial charge in [-0.3, -0.25) is 0 Å². The first kappa shape index (κ1) is 16.8. The summed E-state index contributed by atoms with van der Waals surface area (Å²) in [4.78, 5) is 0. The van der Waals surface area contributed by atoms with E-state index >= 15 is 0 Å². The number of methoxy groups -OCH3 is 1. The molecular weight excluding hydrogens is 330 g/mol. The van der Waals surface area contributed by atoms with Gasteiger partial charge in [0.25, 0.3) is 0 Å². The van der Waals surface area contributed by atoms with Crippen LogP contribution in [0.25, 0.3) is 0 Å². The average Bonchev–Trinajstić information content (AvgIpc) is 2.98. The maximum atomic E-state index is 5.80. The zero-order chi connectivity index (χ0) is 15.1. The zero-order valence-electron chi connectivity index (χ0n) is 13.0. The van der Waals surface area contributed by atoms with Crippen LogP contribution in [-0.4, -0.2) is 32.4 Å². The molecule has 1 saturated heterocycles. The van der Waals surface area contributed by atoms with Crippen molar-refractivity contribution in [1.82, 2.24) is 5.32 Å². The van der Waals surface area contributed by atoms with Gasteiger partial charge in [-0.15, -0.1) is 0 Å². The molecule has 0 aromatic heterocycles. The van der Waals surface area contributed by atoms with Crippen LogP contribution in [-0.2, 0) is 11.2 Å². The Morgan fingerprint density at radius 3 is 3.00 bits per heavy atom. The third-order valence-corrected chi connectivity index (χ3v) is 4.46. The number of nitrogens with one attached hydrogen (secondary N) is 1. The molecule has 0 radical (unpaired) electrons. The minimum Gasteiger partial charge on any atom is -0.496 e. The summed E-state index contributed by atoms with van der Waals surface area (Å²) in [5, 5.41) is 3.66. The maximum Gasteiger partial charge on any atom is 0.122 e. The molecule has 0 amide bonds. The number of halogens is 1. The van der Waals surface area contributed by atoms with Crippen molar-refractivity contribution < 1.29 is 9.47 Å². The van der Waals surface area contributed by atoms with E-state index in [2.05, 4.69) is 34.2 Å². The quantitative estimate of drug-likeness (QED) is 0.765. The van der Waals surface area contributed by atoms with Gasteiger partial charge in [-0.1, -0.05) is 22.9 Å². The lowest BCUT2D eigenvalue weighted by Gasteiger charge is -2.23. The normalized spacial score (nSPS) is 19.7. The summed E-state index contributed by atoms with van der Waals surface area (Å²) in [6.07, 6.45) is 6.01. The summed E-state index contributed by atoms with van der Waals surface area (Å²) in [5.41, 5.74) is 1.25. The summed E-state index contributed by atoms with van der Waals surface area (Å²) in [6.45, 7) is 4.18. The van der Waals surface area contributed by atoms with Gasteiger partial charge in [-0.25, -0.2) is 0 Å². The zero-order valence-corrected chi connectivity index (χ0v) is 14.6. The molecule has 1 heterocycles. The van der Waals surface area contributed by atoms with Crippen molar-refractivity contribution >= 4 is 15.9 Å². The third-order valence-electron chi connectivity index (χ3n) is 3.96. The monoisotopic (exact) mass is 355 g/mol. The largest absolute Gasteiger partial charge is 0.496 e. The second kappa shape index (κ2) is 8.76. The van der Waals surface area contributed by atoms with Gasteiger partial charge in [0.05, 0.1) is 13.2 Å². The lowest BCUT2D eigenvalue weighted by molar-refractivity contribution is 0.0945. The van der Waals surface area contributed by atoms with Crippen LogP contribution in [0, 0.1) is 0 Å². The number of hydrogen-bond donors (Lipinski definition) is 1. The molecule has 1 aromatic rings. The van der Waals surface area contributed by atoms with E-state index in [-0.39, 0.29) is 0 Å². The van der Waals surface area contributed by atoms with Crippen LogP contribution in [0.4, 0.5) is 0 Å². The second-order valence-electron chi connectivity index (χ2n) is 5.68. The van der Waals surface area contributed by atoms with Crippen LogP contribution in [0.2, 0.25) is 0 Å².